The zero-order valence-corrected chi connectivity index (χ0v) is 19.6. The lowest BCUT2D eigenvalue weighted by atomic mass is 10.0. The zero-order valence-electron chi connectivity index (χ0n) is 18.8. The predicted molar refractivity (Wildman–Crippen MR) is 130 cm³/mol. The predicted octanol–water partition coefficient (Wildman–Crippen LogP) is 4.44. The van der Waals surface area contributed by atoms with Crippen molar-refractivity contribution in [2.45, 2.75) is 25.7 Å². The Hall–Kier alpha value is -3.31. The van der Waals surface area contributed by atoms with Gasteiger partial charge in [-0.1, -0.05) is 53.3 Å². The molecule has 162 valence electrons. The van der Waals surface area contributed by atoms with E-state index in [2.05, 4.69) is 67.2 Å². The summed E-state index contributed by atoms with van der Waals surface area (Å²) in [5, 5.41) is 13.4. The number of aromatic nitrogens is 1. The molecule has 4 nitrogen and oxygen atoms in total. The monoisotopic (exact) mass is 442 g/mol. The Morgan fingerprint density at radius 1 is 1.12 bits per heavy atom. The summed E-state index contributed by atoms with van der Waals surface area (Å²) < 4.78 is 2.13. The van der Waals surface area contributed by atoms with E-state index in [0.717, 1.165) is 26.7 Å². The smallest absolute Gasteiger partial charge is 0.212 e. The first kappa shape index (κ1) is 21.9. The minimum atomic E-state index is -1.09. The van der Waals surface area contributed by atoms with Gasteiger partial charge in [0, 0.05) is 17.0 Å². The number of carboxylic acids is 1. The van der Waals surface area contributed by atoms with E-state index < -0.39 is 5.97 Å². The molecule has 0 saturated heterocycles. The third kappa shape index (κ3) is 4.63. The second-order valence-corrected chi connectivity index (χ2v) is 9.25. The highest BCUT2D eigenvalue weighted by molar-refractivity contribution is 8.03. The molecule has 0 fully saturated rings. The van der Waals surface area contributed by atoms with Crippen molar-refractivity contribution in [3.05, 3.63) is 94.2 Å². The van der Waals surface area contributed by atoms with Crippen LogP contribution in [0.2, 0.25) is 0 Å². The van der Waals surface area contributed by atoms with Gasteiger partial charge in [-0.05, 0) is 56.2 Å². The number of nitrogens with zero attached hydrogens (tertiary/aromatic N) is 2. The number of allylic oxidation sites excluding steroid dienone is 4. The van der Waals surface area contributed by atoms with Gasteiger partial charge in [0.15, 0.2) is 6.20 Å². The number of benzene rings is 2. The molecule has 0 amide bonds. The number of fused-ring (bicyclic) bond motifs is 2. The molecule has 3 aromatic rings. The number of hydrogen-bond donors (Lipinski definition) is 0. The zero-order chi connectivity index (χ0) is 22.8. The Balaban J connectivity index is 1.61. The highest BCUT2D eigenvalue weighted by Gasteiger charge is 2.24. The molecular formula is C27H26N2O2S. The fraction of sp³-hybridized carbons (Fsp3) is 0.185. The minimum Gasteiger partial charge on any atom is -0.548 e. The molecule has 0 bridgehead atoms. The maximum absolute atomic E-state index is 11.3. The van der Waals surface area contributed by atoms with Gasteiger partial charge < -0.3 is 14.8 Å². The number of thioether (sulfide) groups is 1. The minimum absolute atomic E-state index is 0.163. The maximum atomic E-state index is 11.3. The van der Waals surface area contributed by atoms with Crippen molar-refractivity contribution in [2.24, 2.45) is 7.05 Å². The summed E-state index contributed by atoms with van der Waals surface area (Å²) >= 11 is 1.59. The SMILES string of the molecule is CC(/C=C/c1cc[n+](C)c2ccc(C)cc12)=C\C=C1/Sc2cc(C)ccc2N1CC(=O)[O-]. The number of aliphatic carboxylic acids is 1. The third-order valence-electron chi connectivity index (χ3n) is 5.51. The van der Waals surface area contributed by atoms with Crippen LogP contribution in [0.3, 0.4) is 0 Å². The molecule has 2 heterocycles. The fourth-order valence-corrected chi connectivity index (χ4v) is 4.97. The average Bonchev–Trinajstić information content (AvgIpc) is 3.07. The summed E-state index contributed by atoms with van der Waals surface area (Å²) in [7, 11) is 2.06. The van der Waals surface area contributed by atoms with E-state index in [0.29, 0.717) is 0 Å². The topological polar surface area (TPSA) is 47.2 Å². The normalized spacial score (nSPS) is 15.2. The van der Waals surface area contributed by atoms with Crippen molar-refractivity contribution < 1.29 is 14.5 Å². The standard InChI is InChI=1S/C27H26N2O2S/c1-18(5-9-21-13-14-28(4)23-10-6-19(2)15-22(21)23)8-12-26-29(17-27(30)31)24-11-7-20(3)16-25(24)32-26/h5-16H,17H2,1-4H3. The average molecular weight is 443 g/mol. The quantitative estimate of drug-likeness (QED) is 0.433. The van der Waals surface area contributed by atoms with Crippen LogP contribution < -0.4 is 14.6 Å². The molecule has 0 N–H and O–H groups in total. The summed E-state index contributed by atoms with van der Waals surface area (Å²) in [5.41, 5.74) is 6.73. The number of hydrogen-bond acceptors (Lipinski definition) is 4. The van der Waals surface area contributed by atoms with Crippen LogP contribution in [-0.2, 0) is 11.8 Å². The summed E-state index contributed by atoms with van der Waals surface area (Å²) in [5.74, 6) is -1.09. The second-order valence-electron chi connectivity index (χ2n) is 8.18. The van der Waals surface area contributed by atoms with Gasteiger partial charge in [-0.2, -0.15) is 0 Å². The fourth-order valence-electron chi connectivity index (χ4n) is 3.80. The van der Waals surface area contributed by atoms with E-state index in [-0.39, 0.29) is 6.54 Å². The lowest BCUT2D eigenvalue weighted by molar-refractivity contribution is -0.644. The van der Waals surface area contributed by atoms with E-state index in [4.69, 9.17) is 0 Å². The molecule has 4 rings (SSSR count). The van der Waals surface area contributed by atoms with E-state index in [1.807, 2.05) is 38.1 Å². The molecule has 0 aliphatic carbocycles. The van der Waals surface area contributed by atoms with Gasteiger partial charge in [0.05, 0.1) is 28.6 Å². The summed E-state index contributed by atoms with van der Waals surface area (Å²) in [6.07, 6.45) is 10.3. The number of carboxylic acid groups (broad SMARTS) is 1. The molecule has 5 heteroatoms. The van der Waals surface area contributed by atoms with Gasteiger partial charge in [-0.3, -0.25) is 0 Å². The van der Waals surface area contributed by atoms with E-state index >= 15 is 0 Å². The Morgan fingerprint density at radius 2 is 1.88 bits per heavy atom. The maximum Gasteiger partial charge on any atom is 0.212 e. The Kier molecular flexibility index (Phi) is 6.19. The van der Waals surface area contributed by atoms with Gasteiger partial charge in [-0.15, -0.1) is 0 Å². The van der Waals surface area contributed by atoms with Crippen LogP contribution in [0.5, 0.6) is 0 Å². The molecule has 0 atom stereocenters. The molecule has 0 saturated carbocycles. The van der Waals surface area contributed by atoms with Crippen LogP contribution in [0.4, 0.5) is 5.69 Å². The van der Waals surface area contributed by atoms with Crippen molar-refractivity contribution in [1.29, 1.82) is 0 Å². The second kappa shape index (κ2) is 9.05. The highest BCUT2D eigenvalue weighted by Crippen LogP contribution is 2.46. The summed E-state index contributed by atoms with van der Waals surface area (Å²) in [6, 6.07) is 14.7. The molecule has 32 heavy (non-hydrogen) atoms. The molecule has 2 aromatic carbocycles. The lowest BCUT2D eigenvalue weighted by Crippen LogP contribution is -2.36. The van der Waals surface area contributed by atoms with Gasteiger partial charge in [0.2, 0.25) is 5.52 Å². The van der Waals surface area contributed by atoms with Crippen LogP contribution in [0.15, 0.2) is 82.4 Å². The van der Waals surface area contributed by atoms with Crippen LogP contribution in [0.1, 0.15) is 23.6 Å². The number of anilines is 1. The Labute approximate surface area is 193 Å². The number of aryl methyl sites for hydroxylation is 3. The number of carbonyl (C=O) groups is 1. The van der Waals surface area contributed by atoms with E-state index in [1.54, 1.807) is 16.7 Å². The van der Waals surface area contributed by atoms with Crippen molar-refractivity contribution in [3.8, 4) is 0 Å². The van der Waals surface area contributed by atoms with Gasteiger partial charge >= 0.3 is 0 Å². The summed E-state index contributed by atoms with van der Waals surface area (Å²) in [6.45, 7) is 6.03. The number of rotatable bonds is 5. The molecule has 1 aliphatic heterocycles. The summed E-state index contributed by atoms with van der Waals surface area (Å²) in [4.78, 5) is 14.2. The molecule has 1 aromatic heterocycles. The number of pyridine rings is 1. The van der Waals surface area contributed by atoms with Crippen molar-refractivity contribution in [3.63, 3.8) is 0 Å². The van der Waals surface area contributed by atoms with Gasteiger partial charge in [0.25, 0.3) is 0 Å². The lowest BCUT2D eigenvalue weighted by Gasteiger charge is -2.20. The molecule has 0 radical (unpaired) electrons. The largest absolute Gasteiger partial charge is 0.548 e. The van der Waals surface area contributed by atoms with Crippen LogP contribution in [-0.4, -0.2) is 12.5 Å². The highest BCUT2D eigenvalue weighted by atomic mass is 32.2. The van der Waals surface area contributed by atoms with Crippen molar-refractivity contribution in [1.82, 2.24) is 0 Å². The van der Waals surface area contributed by atoms with Crippen molar-refractivity contribution >= 4 is 40.4 Å². The number of carbonyl (C=O) groups excluding carboxylic acids is 1. The van der Waals surface area contributed by atoms with Gasteiger partial charge in [0.1, 0.15) is 7.05 Å². The Bertz CT molecular complexity index is 1300. The van der Waals surface area contributed by atoms with Gasteiger partial charge in [-0.25, -0.2) is 4.57 Å². The Morgan fingerprint density at radius 3 is 2.66 bits per heavy atom. The van der Waals surface area contributed by atoms with Crippen LogP contribution in [0, 0.1) is 13.8 Å². The van der Waals surface area contributed by atoms with E-state index in [9.17, 15) is 9.90 Å². The first-order chi connectivity index (χ1) is 15.3. The first-order valence-corrected chi connectivity index (χ1v) is 11.3. The van der Waals surface area contributed by atoms with Crippen LogP contribution in [0.25, 0.3) is 17.0 Å². The van der Waals surface area contributed by atoms with Crippen LogP contribution >= 0.6 is 11.8 Å². The van der Waals surface area contributed by atoms with Crippen molar-refractivity contribution in [2.75, 3.05) is 11.4 Å². The third-order valence-corrected chi connectivity index (χ3v) is 6.62. The van der Waals surface area contributed by atoms with E-state index in [1.165, 1.54) is 22.0 Å². The molecule has 0 unspecified atom stereocenters. The molecule has 1 aliphatic rings. The molecule has 0 spiro atoms. The molecular weight excluding hydrogens is 416 g/mol. The first-order valence-electron chi connectivity index (χ1n) is 10.5.